The topological polar surface area (TPSA) is 106 Å². The molecule has 3 rings (SSSR count). The lowest BCUT2D eigenvalue weighted by Gasteiger charge is -2.18. The van der Waals surface area contributed by atoms with Crippen molar-refractivity contribution in [3.05, 3.63) is 29.8 Å². The molecule has 1 fully saturated rings. The third-order valence-corrected chi connectivity index (χ3v) is 4.41. The van der Waals surface area contributed by atoms with Crippen LogP contribution < -0.4 is 11.1 Å². The number of rotatable bonds is 4. The molecule has 0 aliphatic carbocycles. The highest BCUT2D eigenvalue weighted by Gasteiger charge is 2.30. The van der Waals surface area contributed by atoms with Crippen LogP contribution in [0.15, 0.2) is 24.3 Å². The van der Waals surface area contributed by atoms with E-state index in [-0.39, 0.29) is 35.8 Å². The Kier molecular flexibility index (Phi) is 6.39. The summed E-state index contributed by atoms with van der Waals surface area (Å²) in [4.78, 5) is 16.6. The summed E-state index contributed by atoms with van der Waals surface area (Å²) in [5, 5.41) is 9.62. The van der Waals surface area contributed by atoms with E-state index in [9.17, 15) is 4.79 Å². The summed E-state index contributed by atoms with van der Waals surface area (Å²) in [5.74, 6) is 0.632. The molecule has 2 aromatic rings. The molecule has 2 atom stereocenters. The Morgan fingerprint density at radius 1 is 1.31 bits per heavy atom. The van der Waals surface area contributed by atoms with Gasteiger partial charge >= 0.3 is 0 Å². The normalized spacial score (nSPS) is 19.8. The molecule has 0 bridgehead atoms. The SMILES string of the molecule is CC(C)(C)c1ccc(-c2nc(NC(=O)[C@@H]3CC[C@H](CN)O3)n[nH]2)cc1.Cl. The van der Waals surface area contributed by atoms with Crippen LogP contribution in [-0.4, -0.2) is 39.8 Å². The van der Waals surface area contributed by atoms with Crippen molar-refractivity contribution in [3.63, 3.8) is 0 Å². The summed E-state index contributed by atoms with van der Waals surface area (Å²) in [6, 6.07) is 8.15. The van der Waals surface area contributed by atoms with Crippen LogP contribution in [0.25, 0.3) is 11.4 Å². The maximum absolute atomic E-state index is 12.2. The predicted molar refractivity (Wildman–Crippen MR) is 103 cm³/mol. The van der Waals surface area contributed by atoms with Crippen LogP contribution in [0.4, 0.5) is 5.95 Å². The van der Waals surface area contributed by atoms with Gasteiger partial charge in [-0.25, -0.2) is 0 Å². The Morgan fingerprint density at radius 3 is 2.58 bits per heavy atom. The lowest BCUT2D eigenvalue weighted by atomic mass is 9.87. The minimum atomic E-state index is -0.485. The van der Waals surface area contributed by atoms with Gasteiger partial charge in [-0.3, -0.25) is 15.2 Å². The summed E-state index contributed by atoms with van der Waals surface area (Å²) in [7, 11) is 0. The van der Waals surface area contributed by atoms with Crippen molar-refractivity contribution in [1.82, 2.24) is 15.2 Å². The molecule has 4 N–H and O–H groups in total. The third-order valence-electron chi connectivity index (χ3n) is 4.41. The lowest BCUT2D eigenvalue weighted by Crippen LogP contribution is -2.30. The third kappa shape index (κ3) is 4.60. The Balaban J connectivity index is 0.00000243. The number of halogens is 1. The maximum atomic E-state index is 12.2. The van der Waals surface area contributed by atoms with Gasteiger partial charge in [-0.05, 0) is 23.8 Å². The fourth-order valence-electron chi connectivity index (χ4n) is 2.84. The average Bonchev–Trinajstić information content (AvgIpc) is 3.23. The Hall–Kier alpha value is -1.96. The second-order valence-corrected chi connectivity index (χ2v) is 7.38. The Morgan fingerprint density at radius 2 is 2.00 bits per heavy atom. The van der Waals surface area contributed by atoms with Gasteiger partial charge in [-0.2, -0.15) is 4.98 Å². The molecular weight excluding hydrogens is 354 g/mol. The zero-order chi connectivity index (χ0) is 18.0. The van der Waals surface area contributed by atoms with E-state index in [0.717, 1.165) is 12.0 Å². The van der Waals surface area contributed by atoms with E-state index in [1.807, 2.05) is 12.1 Å². The molecule has 0 radical (unpaired) electrons. The van der Waals surface area contributed by atoms with Gasteiger partial charge in [0.2, 0.25) is 5.95 Å². The highest BCUT2D eigenvalue weighted by molar-refractivity contribution is 5.93. The van der Waals surface area contributed by atoms with Crippen molar-refractivity contribution >= 4 is 24.3 Å². The molecule has 1 saturated heterocycles. The van der Waals surface area contributed by atoms with Crippen LogP contribution in [0.1, 0.15) is 39.2 Å². The number of aromatic nitrogens is 3. The van der Waals surface area contributed by atoms with Gasteiger partial charge in [0, 0.05) is 12.1 Å². The molecule has 1 aliphatic rings. The first-order valence-corrected chi connectivity index (χ1v) is 8.56. The predicted octanol–water partition coefficient (Wildman–Crippen LogP) is 2.64. The van der Waals surface area contributed by atoms with Crippen LogP contribution in [0.5, 0.6) is 0 Å². The number of benzene rings is 1. The smallest absolute Gasteiger partial charge is 0.255 e. The minimum absolute atomic E-state index is 0. The van der Waals surface area contributed by atoms with E-state index in [4.69, 9.17) is 10.5 Å². The average molecular weight is 380 g/mol. The van der Waals surface area contributed by atoms with E-state index in [2.05, 4.69) is 53.4 Å². The maximum Gasteiger partial charge on any atom is 0.255 e. The Bertz CT molecular complexity index is 739. The number of nitrogens with two attached hydrogens (primary N) is 1. The fraction of sp³-hybridized carbons (Fsp3) is 0.500. The van der Waals surface area contributed by atoms with Gasteiger partial charge < -0.3 is 10.5 Å². The number of anilines is 1. The molecular formula is C18H26ClN5O2. The monoisotopic (exact) mass is 379 g/mol. The van der Waals surface area contributed by atoms with Crippen molar-refractivity contribution in [2.45, 2.75) is 51.2 Å². The quantitative estimate of drug-likeness (QED) is 0.757. The second kappa shape index (κ2) is 8.16. The molecule has 7 nitrogen and oxygen atoms in total. The van der Waals surface area contributed by atoms with Crippen molar-refractivity contribution in [2.24, 2.45) is 5.73 Å². The molecule has 1 aromatic carbocycles. The highest BCUT2D eigenvalue weighted by atomic mass is 35.5. The van der Waals surface area contributed by atoms with Crippen LogP contribution in [-0.2, 0) is 14.9 Å². The summed E-state index contributed by atoms with van der Waals surface area (Å²) >= 11 is 0. The zero-order valence-electron chi connectivity index (χ0n) is 15.3. The van der Waals surface area contributed by atoms with E-state index in [1.54, 1.807) is 0 Å². The zero-order valence-corrected chi connectivity index (χ0v) is 16.1. The van der Waals surface area contributed by atoms with Crippen molar-refractivity contribution in [1.29, 1.82) is 0 Å². The first-order valence-electron chi connectivity index (χ1n) is 8.56. The number of carbonyl (C=O) groups is 1. The largest absolute Gasteiger partial charge is 0.364 e. The van der Waals surface area contributed by atoms with Crippen LogP contribution in [0.2, 0.25) is 0 Å². The number of H-pyrrole nitrogens is 1. The molecule has 1 aliphatic heterocycles. The van der Waals surface area contributed by atoms with Gasteiger partial charge in [0.25, 0.3) is 5.91 Å². The number of carbonyl (C=O) groups excluding carboxylic acids is 1. The molecule has 26 heavy (non-hydrogen) atoms. The van der Waals surface area contributed by atoms with Crippen LogP contribution >= 0.6 is 12.4 Å². The summed E-state index contributed by atoms with van der Waals surface area (Å²) in [6.07, 6.45) is 0.939. The number of hydrogen-bond acceptors (Lipinski definition) is 5. The van der Waals surface area contributed by atoms with Gasteiger partial charge in [0.05, 0.1) is 6.10 Å². The molecule has 0 spiro atoms. The first-order chi connectivity index (χ1) is 11.9. The second-order valence-electron chi connectivity index (χ2n) is 7.38. The number of hydrogen-bond donors (Lipinski definition) is 3. The van der Waals surface area contributed by atoms with E-state index in [1.165, 1.54) is 5.56 Å². The molecule has 0 saturated carbocycles. The van der Waals surface area contributed by atoms with Gasteiger partial charge in [-0.1, -0.05) is 45.0 Å². The number of ether oxygens (including phenoxy) is 1. The van der Waals surface area contributed by atoms with Gasteiger partial charge in [-0.15, -0.1) is 17.5 Å². The van der Waals surface area contributed by atoms with Crippen LogP contribution in [0, 0.1) is 0 Å². The molecule has 8 heteroatoms. The van der Waals surface area contributed by atoms with Gasteiger partial charge in [0.1, 0.15) is 6.10 Å². The summed E-state index contributed by atoms with van der Waals surface area (Å²) in [6.45, 7) is 6.94. The minimum Gasteiger partial charge on any atom is -0.364 e. The van der Waals surface area contributed by atoms with Gasteiger partial charge in [0.15, 0.2) is 5.82 Å². The van der Waals surface area contributed by atoms with E-state index >= 15 is 0 Å². The number of aromatic amines is 1. The molecule has 142 valence electrons. The molecule has 1 amide bonds. The van der Waals surface area contributed by atoms with Crippen molar-refractivity contribution in [2.75, 3.05) is 11.9 Å². The summed E-state index contributed by atoms with van der Waals surface area (Å²) < 4.78 is 5.58. The highest BCUT2D eigenvalue weighted by Crippen LogP contribution is 2.25. The number of nitrogens with one attached hydrogen (secondary N) is 2. The van der Waals surface area contributed by atoms with Crippen LogP contribution in [0.3, 0.4) is 0 Å². The van der Waals surface area contributed by atoms with Crippen molar-refractivity contribution in [3.8, 4) is 11.4 Å². The van der Waals surface area contributed by atoms with E-state index in [0.29, 0.717) is 18.8 Å². The Labute approximate surface area is 159 Å². The fourth-order valence-corrected chi connectivity index (χ4v) is 2.84. The first kappa shape index (κ1) is 20.4. The molecule has 1 aromatic heterocycles. The van der Waals surface area contributed by atoms with E-state index < -0.39 is 6.10 Å². The number of nitrogens with zero attached hydrogens (tertiary/aromatic N) is 2. The molecule has 2 heterocycles. The summed E-state index contributed by atoms with van der Waals surface area (Å²) in [5.41, 5.74) is 7.83. The standard InChI is InChI=1S/C18H25N5O2.ClH/c1-18(2,3)12-6-4-11(5-7-12)15-20-17(23-22-15)21-16(24)14-9-8-13(10-19)25-14;/h4-7,13-14H,8-10,19H2,1-3H3,(H2,20,21,22,23,24);1H/t13-,14+;/m1./s1. The molecule has 0 unspecified atom stereocenters. The lowest BCUT2D eigenvalue weighted by molar-refractivity contribution is -0.126. The van der Waals surface area contributed by atoms with Crippen molar-refractivity contribution < 1.29 is 9.53 Å². The number of amides is 1.